The first kappa shape index (κ1) is 22.2. The molecule has 0 aliphatic rings. The first-order valence-corrected chi connectivity index (χ1v) is 10.9. The van der Waals surface area contributed by atoms with Crippen molar-refractivity contribution in [2.45, 2.75) is 13.2 Å². The molecule has 6 nitrogen and oxygen atoms in total. The molecule has 9 heteroatoms. The molecule has 0 amide bonds. The Bertz CT molecular complexity index is 1260. The van der Waals surface area contributed by atoms with Crippen molar-refractivity contribution < 1.29 is 9.47 Å². The van der Waals surface area contributed by atoms with Crippen molar-refractivity contribution in [2.75, 3.05) is 12.5 Å². The van der Waals surface area contributed by atoms with Crippen molar-refractivity contribution >= 4 is 35.4 Å². The second-order valence-electron chi connectivity index (χ2n) is 6.91. The lowest BCUT2D eigenvalue weighted by Crippen LogP contribution is -2.16. The maximum Gasteiger partial charge on any atom is 0.214 e. The van der Waals surface area contributed by atoms with Gasteiger partial charge in [-0.2, -0.15) is 5.10 Å². The van der Waals surface area contributed by atoms with Gasteiger partial charge in [0.1, 0.15) is 6.61 Å². The van der Waals surface area contributed by atoms with Gasteiger partial charge in [0.05, 0.1) is 18.7 Å². The van der Waals surface area contributed by atoms with Gasteiger partial charge in [0.15, 0.2) is 17.3 Å². The molecule has 1 aromatic heterocycles. The monoisotopic (exact) mass is 486 g/mol. The Hall–Kier alpha value is -3.00. The normalized spacial score (nSPS) is 10.7. The van der Waals surface area contributed by atoms with Gasteiger partial charge in [-0.3, -0.25) is 0 Å². The number of nitrogens with one attached hydrogen (secondary N) is 2. The van der Waals surface area contributed by atoms with Crippen LogP contribution in [0.4, 0.5) is 0 Å². The summed E-state index contributed by atoms with van der Waals surface area (Å²) in [7, 11) is 1.58. The number of hydrogen-bond donors (Lipinski definition) is 2. The molecular weight excluding hydrogens is 467 g/mol. The Morgan fingerprint density at radius 2 is 1.78 bits per heavy atom. The van der Waals surface area contributed by atoms with E-state index in [0.717, 1.165) is 16.7 Å². The van der Waals surface area contributed by atoms with Crippen molar-refractivity contribution in [1.82, 2.24) is 14.9 Å². The third kappa shape index (κ3) is 5.07. The van der Waals surface area contributed by atoms with E-state index in [1.165, 1.54) is 0 Å². The number of methoxy groups -OCH3 is 1. The molecule has 0 saturated carbocycles. The second kappa shape index (κ2) is 10.1. The quantitative estimate of drug-likeness (QED) is 0.288. The number of benzene rings is 3. The average Bonchev–Trinajstić information content (AvgIpc) is 3.18. The summed E-state index contributed by atoms with van der Waals surface area (Å²) in [6.07, 6.45) is 0. The van der Waals surface area contributed by atoms with Crippen LogP contribution in [0.5, 0.6) is 11.5 Å². The lowest BCUT2D eigenvalue weighted by molar-refractivity contribution is 0.284. The van der Waals surface area contributed by atoms with Crippen LogP contribution in [-0.4, -0.2) is 22.0 Å². The summed E-state index contributed by atoms with van der Waals surface area (Å²) in [4.78, 5) is 0. The molecule has 4 rings (SSSR count). The molecule has 0 aliphatic heterocycles. The van der Waals surface area contributed by atoms with Gasteiger partial charge in [0, 0.05) is 10.6 Å². The molecule has 0 aliphatic carbocycles. The number of H-pyrrole nitrogens is 1. The maximum atomic E-state index is 6.52. The summed E-state index contributed by atoms with van der Waals surface area (Å²) >= 11 is 17.8. The first-order valence-electron chi connectivity index (χ1n) is 9.75. The van der Waals surface area contributed by atoms with Crippen LogP contribution in [0.1, 0.15) is 11.1 Å². The van der Waals surface area contributed by atoms with E-state index in [1.807, 2.05) is 66.7 Å². The third-order valence-electron chi connectivity index (χ3n) is 4.73. The van der Waals surface area contributed by atoms with E-state index >= 15 is 0 Å². The molecule has 0 bridgehead atoms. The smallest absolute Gasteiger partial charge is 0.214 e. The number of hydrogen-bond acceptors (Lipinski definition) is 5. The highest BCUT2D eigenvalue weighted by Crippen LogP contribution is 2.37. The molecule has 1 heterocycles. The van der Waals surface area contributed by atoms with Crippen LogP contribution in [-0.2, 0) is 13.2 Å². The topological polar surface area (TPSA) is 64.1 Å². The summed E-state index contributed by atoms with van der Waals surface area (Å²) in [5.41, 5.74) is 6.10. The van der Waals surface area contributed by atoms with Crippen LogP contribution in [0.25, 0.3) is 11.4 Å². The minimum Gasteiger partial charge on any atom is -0.493 e. The molecule has 4 aromatic rings. The zero-order valence-electron chi connectivity index (χ0n) is 17.1. The Labute approximate surface area is 200 Å². The van der Waals surface area contributed by atoms with Crippen LogP contribution < -0.4 is 14.9 Å². The van der Waals surface area contributed by atoms with Gasteiger partial charge < -0.3 is 14.9 Å². The largest absolute Gasteiger partial charge is 0.493 e. The predicted octanol–water partition coefficient (Wildman–Crippen LogP) is 6.25. The minimum atomic E-state index is 0.343. The number of rotatable bonds is 8. The van der Waals surface area contributed by atoms with Gasteiger partial charge in [-0.15, -0.1) is 0 Å². The molecule has 164 valence electrons. The Morgan fingerprint density at radius 1 is 1.03 bits per heavy atom. The van der Waals surface area contributed by atoms with Crippen LogP contribution in [0.2, 0.25) is 10.0 Å². The van der Waals surface area contributed by atoms with Crippen molar-refractivity contribution in [3.8, 4) is 22.9 Å². The number of nitrogens with zero attached hydrogens (tertiary/aromatic N) is 2. The van der Waals surface area contributed by atoms with Gasteiger partial charge in [0.25, 0.3) is 0 Å². The first-order chi connectivity index (χ1) is 15.5. The van der Waals surface area contributed by atoms with E-state index in [0.29, 0.717) is 45.3 Å². The van der Waals surface area contributed by atoms with Gasteiger partial charge in [-0.25, -0.2) is 9.77 Å². The van der Waals surface area contributed by atoms with Crippen molar-refractivity contribution in [1.29, 1.82) is 0 Å². The zero-order chi connectivity index (χ0) is 22.5. The molecule has 0 unspecified atom stereocenters. The average molecular weight is 487 g/mol. The van der Waals surface area contributed by atoms with Gasteiger partial charge in [-0.1, -0.05) is 65.7 Å². The summed E-state index contributed by atoms with van der Waals surface area (Å²) in [6, 6.07) is 20.9. The van der Waals surface area contributed by atoms with E-state index in [2.05, 4.69) is 15.6 Å². The van der Waals surface area contributed by atoms with Crippen LogP contribution in [0.3, 0.4) is 0 Å². The summed E-state index contributed by atoms with van der Waals surface area (Å²) in [5, 5.41) is 8.28. The fourth-order valence-electron chi connectivity index (χ4n) is 3.15. The molecule has 0 saturated heterocycles. The zero-order valence-corrected chi connectivity index (χ0v) is 19.5. The summed E-state index contributed by atoms with van der Waals surface area (Å²) < 4.78 is 13.6. The molecule has 0 fully saturated rings. The Morgan fingerprint density at radius 3 is 2.50 bits per heavy atom. The molecule has 0 atom stereocenters. The maximum absolute atomic E-state index is 6.52. The van der Waals surface area contributed by atoms with Gasteiger partial charge >= 0.3 is 0 Å². The lowest BCUT2D eigenvalue weighted by atomic mass is 10.2. The molecule has 0 radical (unpaired) electrons. The number of ether oxygens (including phenoxy) is 2. The van der Waals surface area contributed by atoms with E-state index in [1.54, 1.807) is 11.8 Å². The van der Waals surface area contributed by atoms with Crippen LogP contribution >= 0.6 is 35.4 Å². The highest BCUT2D eigenvalue weighted by molar-refractivity contribution is 7.71. The Kier molecular flexibility index (Phi) is 6.99. The van der Waals surface area contributed by atoms with Gasteiger partial charge in [0.2, 0.25) is 4.77 Å². The highest BCUT2D eigenvalue weighted by Gasteiger charge is 2.14. The molecule has 3 aromatic carbocycles. The molecule has 32 heavy (non-hydrogen) atoms. The van der Waals surface area contributed by atoms with E-state index in [4.69, 9.17) is 44.9 Å². The fraction of sp³-hybridized carbons (Fsp3) is 0.130. The van der Waals surface area contributed by atoms with E-state index < -0.39 is 0 Å². The molecule has 2 N–H and O–H groups in total. The SMILES string of the molecule is COc1cc(CNn2c(-c3ccccc3)n[nH]c2=S)cc(Cl)c1OCc1ccc(Cl)cc1. The Balaban J connectivity index is 1.51. The van der Waals surface area contributed by atoms with Crippen LogP contribution in [0, 0.1) is 4.77 Å². The predicted molar refractivity (Wildman–Crippen MR) is 130 cm³/mol. The van der Waals surface area contributed by atoms with E-state index in [9.17, 15) is 0 Å². The standard InChI is InChI=1S/C23H20Cl2N4O2S/c1-30-20-12-16(11-19(25)21(20)31-14-15-7-9-18(24)10-8-15)13-26-29-22(27-28-23(29)32)17-5-3-2-4-6-17/h2-12,26H,13-14H2,1H3,(H,28,32). The van der Waals surface area contributed by atoms with Gasteiger partial charge in [-0.05, 0) is 47.6 Å². The molecule has 0 spiro atoms. The summed E-state index contributed by atoms with van der Waals surface area (Å²) in [5.74, 6) is 1.72. The van der Waals surface area contributed by atoms with Crippen molar-refractivity contribution in [2.24, 2.45) is 0 Å². The van der Waals surface area contributed by atoms with Crippen molar-refractivity contribution in [3.05, 3.63) is 92.7 Å². The second-order valence-corrected chi connectivity index (χ2v) is 8.14. The lowest BCUT2D eigenvalue weighted by Gasteiger charge is -2.15. The third-order valence-corrected chi connectivity index (χ3v) is 5.54. The molecular formula is C23H20Cl2N4O2S. The van der Waals surface area contributed by atoms with Crippen molar-refractivity contribution in [3.63, 3.8) is 0 Å². The van der Waals surface area contributed by atoms with Crippen LogP contribution in [0.15, 0.2) is 66.7 Å². The number of aromatic amines is 1. The number of aromatic nitrogens is 3. The minimum absolute atomic E-state index is 0.343. The fourth-order valence-corrected chi connectivity index (χ4v) is 3.76. The highest BCUT2D eigenvalue weighted by atomic mass is 35.5. The van der Waals surface area contributed by atoms with E-state index in [-0.39, 0.29) is 0 Å². The number of halogens is 2. The summed E-state index contributed by atoms with van der Waals surface area (Å²) in [6.45, 7) is 0.788.